The summed E-state index contributed by atoms with van der Waals surface area (Å²) in [4.78, 5) is 27.0. The van der Waals surface area contributed by atoms with Crippen LogP contribution >= 0.6 is 0 Å². The predicted octanol–water partition coefficient (Wildman–Crippen LogP) is 2.45. The summed E-state index contributed by atoms with van der Waals surface area (Å²) >= 11 is 0. The second-order valence-electron chi connectivity index (χ2n) is 4.52. The molecule has 0 atom stereocenters. The van der Waals surface area contributed by atoms with E-state index in [1.807, 2.05) is 18.2 Å². The van der Waals surface area contributed by atoms with Crippen LogP contribution in [0.15, 0.2) is 41.0 Å². The summed E-state index contributed by atoms with van der Waals surface area (Å²) in [6.45, 7) is 2.97. The number of carbonyl (C=O) groups excluding carboxylic acids is 2. The van der Waals surface area contributed by atoms with Crippen molar-refractivity contribution in [1.82, 2.24) is 4.98 Å². The molecular weight excluding hydrogens is 274 g/mol. The Bertz CT molecular complexity index is 618. The van der Waals surface area contributed by atoms with Crippen molar-refractivity contribution < 1.29 is 23.5 Å². The van der Waals surface area contributed by atoms with E-state index in [0.29, 0.717) is 5.89 Å². The Morgan fingerprint density at radius 3 is 2.62 bits per heavy atom. The van der Waals surface area contributed by atoms with E-state index in [4.69, 9.17) is 13.9 Å². The van der Waals surface area contributed by atoms with Crippen LogP contribution in [0.3, 0.4) is 0 Å². The molecule has 6 heteroatoms. The average molecular weight is 289 g/mol. The van der Waals surface area contributed by atoms with Crippen molar-refractivity contribution in [1.29, 1.82) is 0 Å². The lowest BCUT2D eigenvalue weighted by molar-refractivity contribution is -0.150. The van der Waals surface area contributed by atoms with Gasteiger partial charge in [-0.15, -0.1) is 0 Å². The van der Waals surface area contributed by atoms with Crippen molar-refractivity contribution in [2.45, 2.75) is 20.0 Å². The lowest BCUT2D eigenvalue weighted by Crippen LogP contribution is -2.19. The number of benzene rings is 1. The Morgan fingerprint density at radius 1 is 1.24 bits per heavy atom. The van der Waals surface area contributed by atoms with Crippen molar-refractivity contribution in [3.8, 4) is 11.5 Å². The molecule has 0 aliphatic carbocycles. The van der Waals surface area contributed by atoms with Gasteiger partial charge < -0.3 is 13.9 Å². The largest absolute Gasteiger partial charge is 0.460 e. The maximum atomic E-state index is 11.7. The number of oxazole rings is 1. The van der Waals surface area contributed by atoms with Crippen molar-refractivity contribution in [2.24, 2.45) is 0 Å². The zero-order valence-corrected chi connectivity index (χ0v) is 11.7. The number of hydrogen-bond donors (Lipinski definition) is 0. The summed E-state index contributed by atoms with van der Waals surface area (Å²) in [6, 6.07) is 9.14. The molecule has 0 bridgehead atoms. The van der Waals surface area contributed by atoms with Gasteiger partial charge in [0, 0.05) is 5.56 Å². The summed E-state index contributed by atoms with van der Waals surface area (Å²) in [5.74, 6) is -1.03. The Hall–Kier alpha value is -2.63. The van der Waals surface area contributed by atoms with E-state index < -0.39 is 18.5 Å². The molecule has 0 aliphatic heterocycles. The van der Waals surface area contributed by atoms with Gasteiger partial charge in [-0.25, -0.2) is 14.6 Å². The standard InChI is InChI=1S/C15H15NO5/c1-10(2)21-13(17)9-20-15(18)12-8-19-14(16-12)11-6-4-3-5-7-11/h3-8,10H,9H2,1-2H3. The van der Waals surface area contributed by atoms with Gasteiger partial charge in [-0.3, -0.25) is 0 Å². The van der Waals surface area contributed by atoms with Gasteiger partial charge in [0.25, 0.3) is 0 Å². The first-order chi connectivity index (χ1) is 10.1. The number of nitrogens with zero attached hydrogens (tertiary/aromatic N) is 1. The third kappa shape index (κ3) is 4.17. The molecule has 110 valence electrons. The summed E-state index contributed by atoms with van der Waals surface area (Å²) in [5.41, 5.74) is 0.752. The molecule has 1 aromatic carbocycles. The Morgan fingerprint density at radius 2 is 1.95 bits per heavy atom. The first kappa shape index (κ1) is 14.8. The van der Waals surface area contributed by atoms with Gasteiger partial charge >= 0.3 is 11.9 Å². The normalized spacial score (nSPS) is 10.4. The summed E-state index contributed by atoms with van der Waals surface area (Å²) in [6.07, 6.45) is 0.936. The Kier molecular flexibility index (Phi) is 4.71. The van der Waals surface area contributed by atoms with Gasteiger partial charge in [0.05, 0.1) is 6.10 Å². The van der Waals surface area contributed by atoms with Gasteiger partial charge in [0.1, 0.15) is 6.26 Å². The zero-order chi connectivity index (χ0) is 15.2. The molecule has 2 rings (SSSR count). The fourth-order valence-corrected chi connectivity index (χ4v) is 1.58. The molecule has 21 heavy (non-hydrogen) atoms. The molecular formula is C15H15NO5. The molecule has 0 spiro atoms. The van der Waals surface area contributed by atoms with Crippen molar-refractivity contribution in [3.63, 3.8) is 0 Å². The van der Waals surface area contributed by atoms with Crippen LogP contribution in [0.25, 0.3) is 11.5 Å². The maximum Gasteiger partial charge on any atom is 0.360 e. The van der Waals surface area contributed by atoms with Gasteiger partial charge in [0.15, 0.2) is 12.3 Å². The lowest BCUT2D eigenvalue weighted by Gasteiger charge is -2.07. The lowest BCUT2D eigenvalue weighted by atomic mass is 10.2. The van der Waals surface area contributed by atoms with Crippen LogP contribution in [0.5, 0.6) is 0 Å². The second-order valence-corrected chi connectivity index (χ2v) is 4.52. The molecule has 0 saturated carbocycles. The van der Waals surface area contributed by atoms with E-state index in [1.54, 1.807) is 26.0 Å². The van der Waals surface area contributed by atoms with E-state index in [2.05, 4.69) is 4.98 Å². The van der Waals surface area contributed by atoms with Crippen LogP contribution < -0.4 is 0 Å². The van der Waals surface area contributed by atoms with E-state index in [9.17, 15) is 9.59 Å². The van der Waals surface area contributed by atoms with Gasteiger partial charge in [-0.1, -0.05) is 18.2 Å². The summed E-state index contributed by atoms with van der Waals surface area (Å²) in [7, 11) is 0. The van der Waals surface area contributed by atoms with E-state index >= 15 is 0 Å². The molecule has 0 fully saturated rings. The number of hydrogen-bond acceptors (Lipinski definition) is 6. The Labute approximate surface area is 121 Å². The highest BCUT2D eigenvalue weighted by molar-refractivity contribution is 5.89. The first-order valence-corrected chi connectivity index (χ1v) is 6.44. The smallest absolute Gasteiger partial charge is 0.360 e. The van der Waals surface area contributed by atoms with Crippen molar-refractivity contribution in [2.75, 3.05) is 6.61 Å². The highest BCUT2D eigenvalue weighted by atomic mass is 16.6. The quantitative estimate of drug-likeness (QED) is 0.787. The topological polar surface area (TPSA) is 78.6 Å². The molecule has 2 aromatic rings. The number of rotatable bonds is 5. The third-order valence-electron chi connectivity index (χ3n) is 2.42. The molecule has 0 amide bonds. The number of esters is 2. The minimum absolute atomic E-state index is 0.00574. The number of ether oxygens (including phenoxy) is 2. The Balaban J connectivity index is 1.95. The van der Waals surface area contributed by atoms with E-state index in [0.717, 1.165) is 5.56 Å². The minimum Gasteiger partial charge on any atom is -0.460 e. The molecule has 6 nitrogen and oxygen atoms in total. The number of aromatic nitrogens is 1. The molecule has 1 heterocycles. The third-order valence-corrected chi connectivity index (χ3v) is 2.42. The molecule has 0 aliphatic rings. The fraction of sp³-hybridized carbons (Fsp3) is 0.267. The molecule has 0 radical (unpaired) electrons. The highest BCUT2D eigenvalue weighted by Crippen LogP contribution is 2.18. The molecule has 0 N–H and O–H groups in total. The maximum absolute atomic E-state index is 11.7. The summed E-state index contributed by atoms with van der Waals surface area (Å²) < 4.78 is 14.9. The van der Waals surface area contributed by atoms with E-state index in [1.165, 1.54) is 6.26 Å². The van der Waals surface area contributed by atoms with Crippen molar-refractivity contribution in [3.05, 3.63) is 42.3 Å². The molecule has 0 unspecified atom stereocenters. The predicted molar refractivity (Wildman–Crippen MR) is 73.4 cm³/mol. The van der Waals surface area contributed by atoms with Crippen LogP contribution in [0.1, 0.15) is 24.3 Å². The van der Waals surface area contributed by atoms with Gasteiger partial charge in [-0.05, 0) is 26.0 Å². The van der Waals surface area contributed by atoms with Crippen molar-refractivity contribution >= 4 is 11.9 Å². The van der Waals surface area contributed by atoms with E-state index in [-0.39, 0.29) is 11.8 Å². The molecule has 1 aromatic heterocycles. The van der Waals surface area contributed by atoms with Crippen LogP contribution in [0.2, 0.25) is 0 Å². The van der Waals surface area contributed by atoms with Gasteiger partial charge in [0.2, 0.25) is 5.89 Å². The SMILES string of the molecule is CC(C)OC(=O)COC(=O)c1coc(-c2ccccc2)n1. The van der Waals surface area contributed by atoms with Crippen LogP contribution in [0, 0.1) is 0 Å². The number of carbonyl (C=O) groups is 2. The van der Waals surface area contributed by atoms with Crippen LogP contribution in [-0.2, 0) is 14.3 Å². The fourth-order valence-electron chi connectivity index (χ4n) is 1.58. The first-order valence-electron chi connectivity index (χ1n) is 6.44. The summed E-state index contributed by atoms with van der Waals surface area (Å²) in [5, 5.41) is 0. The second kappa shape index (κ2) is 6.69. The zero-order valence-electron chi connectivity index (χ0n) is 11.7. The average Bonchev–Trinajstić information content (AvgIpc) is 2.95. The monoisotopic (exact) mass is 289 g/mol. The van der Waals surface area contributed by atoms with Gasteiger partial charge in [-0.2, -0.15) is 0 Å². The van der Waals surface area contributed by atoms with Crippen LogP contribution in [-0.4, -0.2) is 29.6 Å². The highest BCUT2D eigenvalue weighted by Gasteiger charge is 2.16. The molecule has 0 saturated heterocycles. The van der Waals surface area contributed by atoms with Crippen LogP contribution in [0.4, 0.5) is 0 Å². The minimum atomic E-state index is -0.735.